The Kier molecular flexibility index (Phi) is 3.68. The third-order valence-electron chi connectivity index (χ3n) is 3.55. The second kappa shape index (κ2) is 4.85. The molecule has 106 valence electrons. The SMILES string of the molecule is CCOC[C@]1(N)[C@H](c2ccc(F)cc2)[C@@H]1S(C)(=O)=O. The minimum absolute atomic E-state index is 0.184. The van der Waals surface area contributed by atoms with Crippen molar-refractivity contribution >= 4 is 9.84 Å². The van der Waals surface area contributed by atoms with Gasteiger partial charge in [0, 0.05) is 18.8 Å². The van der Waals surface area contributed by atoms with Crippen LogP contribution in [0.25, 0.3) is 0 Å². The van der Waals surface area contributed by atoms with Crippen molar-refractivity contribution in [3.8, 4) is 0 Å². The van der Waals surface area contributed by atoms with Crippen LogP contribution in [0.1, 0.15) is 18.4 Å². The first kappa shape index (κ1) is 14.4. The Morgan fingerprint density at radius 1 is 1.37 bits per heavy atom. The van der Waals surface area contributed by atoms with Crippen LogP contribution < -0.4 is 5.73 Å². The molecular formula is C13H18FNO3S. The molecule has 3 atom stereocenters. The minimum Gasteiger partial charge on any atom is -0.380 e. The number of nitrogens with two attached hydrogens (primary N) is 1. The monoisotopic (exact) mass is 287 g/mol. The van der Waals surface area contributed by atoms with Crippen LogP contribution in [0.5, 0.6) is 0 Å². The molecule has 1 aromatic rings. The second-order valence-corrected chi connectivity index (χ2v) is 7.20. The number of ether oxygens (including phenoxy) is 1. The van der Waals surface area contributed by atoms with Gasteiger partial charge in [0.1, 0.15) is 5.82 Å². The number of sulfone groups is 1. The smallest absolute Gasteiger partial charge is 0.152 e. The van der Waals surface area contributed by atoms with Crippen molar-refractivity contribution in [3.63, 3.8) is 0 Å². The summed E-state index contributed by atoms with van der Waals surface area (Å²) in [6, 6.07) is 5.79. The van der Waals surface area contributed by atoms with E-state index in [-0.39, 0.29) is 18.3 Å². The zero-order valence-corrected chi connectivity index (χ0v) is 11.8. The van der Waals surface area contributed by atoms with E-state index in [1.165, 1.54) is 18.4 Å². The normalized spacial score (nSPS) is 30.3. The Morgan fingerprint density at radius 3 is 2.42 bits per heavy atom. The van der Waals surface area contributed by atoms with Crippen LogP contribution in [0.15, 0.2) is 24.3 Å². The number of hydrogen-bond donors (Lipinski definition) is 1. The lowest BCUT2D eigenvalue weighted by Crippen LogP contribution is -2.36. The predicted molar refractivity (Wildman–Crippen MR) is 71.2 cm³/mol. The maximum atomic E-state index is 12.9. The van der Waals surface area contributed by atoms with E-state index in [9.17, 15) is 12.8 Å². The summed E-state index contributed by atoms with van der Waals surface area (Å²) in [5.41, 5.74) is 6.00. The Morgan fingerprint density at radius 2 is 1.95 bits per heavy atom. The van der Waals surface area contributed by atoms with Crippen molar-refractivity contribution in [1.82, 2.24) is 0 Å². The van der Waals surface area contributed by atoms with Gasteiger partial charge in [-0.05, 0) is 24.6 Å². The summed E-state index contributed by atoms with van der Waals surface area (Å²) in [4.78, 5) is 0. The topological polar surface area (TPSA) is 69.4 Å². The third kappa shape index (κ3) is 2.66. The van der Waals surface area contributed by atoms with Gasteiger partial charge in [0.2, 0.25) is 0 Å². The summed E-state index contributed by atoms with van der Waals surface area (Å²) in [5, 5.41) is -0.669. The highest BCUT2D eigenvalue weighted by Gasteiger charge is 2.68. The highest BCUT2D eigenvalue weighted by molar-refractivity contribution is 7.91. The molecule has 6 heteroatoms. The number of benzene rings is 1. The first-order valence-electron chi connectivity index (χ1n) is 6.11. The molecule has 1 aliphatic carbocycles. The molecule has 0 amide bonds. The predicted octanol–water partition coefficient (Wildman–Crippen LogP) is 1.07. The maximum absolute atomic E-state index is 12.9. The molecule has 0 unspecified atom stereocenters. The van der Waals surface area contributed by atoms with Crippen molar-refractivity contribution in [3.05, 3.63) is 35.6 Å². The number of halogens is 1. The van der Waals surface area contributed by atoms with E-state index in [0.29, 0.717) is 6.61 Å². The molecule has 4 nitrogen and oxygen atoms in total. The largest absolute Gasteiger partial charge is 0.380 e. The Bertz CT molecular complexity index is 558. The van der Waals surface area contributed by atoms with E-state index in [1.807, 2.05) is 6.92 Å². The van der Waals surface area contributed by atoms with Gasteiger partial charge >= 0.3 is 0 Å². The highest BCUT2D eigenvalue weighted by Crippen LogP contribution is 2.53. The van der Waals surface area contributed by atoms with Crippen LogP contribution in [0.3, 0.4) is 0 Å². The lowest BCUT2D eigenvalue weighted by atomic mass is 10.1. The fourth-order valence-electron chi connectivity index (χ4n) is 2.67. The first-order chi connectivity index (χ1) is 8.80. The van der Waals surface area contributed by atoms with Gasteiger partial charge in [-0.3, -0.25) is 0 Å². The lowest BCUT2D eigenvalue weighted by molar-refractivity contribution is 0.125. The molecule has 1 aromatic carbocycles. The molecule has 19 heavy (non-hydrogen) atoms. The first-order valence-corrected chi connectivity index (χ1v) is 8.07. The van der Waals surface area contributed by atoms with E-state index in [4.69, 9.17) is 10.5 Å². The Labute approximate surface area is 112 Å². The van der Waals surface area contributed by atoms with E-state index in [2.05, 4.69) is 0 Å². The van der Waals surface area contributed by atoms with Crippen LogP contribution in [0.2, 0.25) is 0 Å². The molecule has 1 aliphatic rings. The van der Waals surface area contributed by atoms with Crippen LogP contribution >= 0.6 is 0 Å². The van der Waals surface area contributed by atoms with Gasteiger partial charge in [-0.15, -0.1) is 0 Å². The fraction of sp³-hybridized carbons (Fsp3) is 0.538. The average molecular weight is 287 g/mol. The molecule has 2 rings (SSSR count). The summed E-state index contributed by atoms with van der Waals surface area (Å²) in [6.07, 6.45) is 1.18. The number of rotatable bonds is 5. The molecule has 0 radical (unpaired) electrons. The standard InChI is InChI=1S/C13H18FNO3S/c1-3-18-8-13(15)11(12(13)19(2,16)17)9-4-6-10(14)7-5-9/h4-7,11-12H,3,8,15H2,1-2H3/t11-,12+,13+/m1/s1. The van der Waals surface area contributed by atoms with Crippen molar-refractivity contribution < 1.29 is 17.5 Å². The van der Waals surface area contributed by atoms with Crippen LogP contribution in [0.4, 0.5) is 4.39 Å². The maximum Gasteiger partial charge on any atom is 0.152 e. The van der Waals surface area contributed by atoms with Crippen molar-refractivity contribution in [2.75, 3.05) is 19.5 Å². The van der Waals surface area contributed by atoms with Gasteiger partial charge in [0.25, 0.3) is 0 Å². The Balaban J connectivity index is 2.30. The fourth-order valence-corrected chi connectivity index (χ4v) is 4.51. The van der Waals surface area contributed by atoms with Gasteiger partial charge in [0.05, 0.1) is 17.4 Å². The van der Waals surface area contributed by atoms with E-state index in [0.717, 1.165) is 5.56 Å². The minimum atomic E-state index is -3.27. The van der Waals surface area contributed by atoms with Gasteiger partial charge in [0.15, 0.2) is 9.84 Å². The molecule has 0 heterocycles. The summed E-state index contributed by atoms with van der Waals surface area (Å²) in [7, 11) is -3.27. The van der Waals surface area contributed by atoms with Crippen LogP contribution in [-0.2, 0) is 14.6 Å². The van der Waals surface area contributed by atoms with Crippen LogP contribution in [0, 0.1) is 5.82 Å². The van der Waals surface area contributed by atoms with E-state index in [1.54, 1.807) is 12.1 Å². The molecule has 0 bridgehead atoms. The molecule has 1 saturated carbocycles. The zero-order chi connectivity index (χ0) is 14.3. The van der Waals surface area contributed by atoms with Gasteiger partial charge in [-0.25, -0.2) is 12.8 Å². The number of hydrogen-bond acceptors (Lipinski definition) is 4. The summed E-state index contributed by atoms with van der Waals surface area (Å²) < 4.78 is 41.8. The average Bonchev–Trinajstić information content (AvgIpc) is 2.95. The Hall–Kier alpha value is -0.980. The van der Waals surface area contributed by atoms with Gasteiger partial charge in [-0.2, -0.15) is 0 Å². The van der Waals surface area contributed by atoms with Crippen molar-refractivity contribution in [2.45, 2.75) is 23.6 Å². The zero-order valence-electron chi connectivity index (χ0n) is 11.0. The van der Waals surface area contributed by atoms with Gasteiger partial charge < -0.3 is 10.5 Å². The summed E-state index contributed by atoms with van der Waals surface area (Å²) >= 11 is 0. The molecule has 0 spiro atoms. The molecule has 0 aliphatic heterocycles. The van der Waals surface area contributed by atoms with E-state index >= 15 is 0 Å². The highest BCUT2D eigenvalue weighted by atomic mass is 32.2. The van der Waals surface area contributed by atoms with Crippen LogP contribution in [-0.4, -0.2) is 38.7 Å². The third-order valence-corrected chi connectivity index (χ3v) is 5.18. The molecule has 0 saturated heterocycles. The van der Waals surface area contributed by atoms with E-state index < -0.39 is 20.6 Å². The molecule has 0 aromatic heterocycles. The second-order valence-electron chi connectivity index (χ2n) is 5.03. The molecule has 1 fully saturated rings. The molecular weight excluding hydrogens is 269 g/mol. The quantitative estimate of drug-likeness (QED) is 0.879. The van der Waals surface area contributed by atoms with Crippen molar-refractivity contribution in [1.29, 1.82) is 0 Å². The molecule has 2 N–H and O–H groups in total. The summed E-state index contributed by atoms with van der Waals surface area (Å²) in [6.45, 7) is 2.49. The van der Waals surface area contributed by atoms with Crippen molar-refractivity contribution in [2.24, 2.45) is 5.73 Å². The lowest BCUT2D eigenvalue weighted by Gasteiger charge is -2.11. The van der Waals surface area contributed by atoms with Gasteiger partial charge in [-0.1, -0.05) is 12.1 Å². The summed E-state index contributed by atoms with van der Waals surface area (Å²) in [5.74, 6) is -0.692.